The van der Waals surface area contributed by atoms with Gasteiger partial charge in [0.15, 0.2) is 11.6 Å². The molecule has 0 fully saturated rings. The van der Waals surface area contributed by atoms with E-state index in [2.05, 4.69) is 28.6 Å². The van der Waals surface area contributed by atoms with Gasteiger partial charge < -0.3 is 15.4 Å². The van der Waals surface area contributed by atoms with Crippen LogP contribution in [-0.4, -0.2) is 31.2 Å². The predicted octanol–water partition coefficient (Wildman–Crippen LogP) is 2.59. The zero-order chi connectivity index (χ0) is 13.3. The third kappa shape index (κ3) is 4.56. The highest BCUT2D eigenvalue weighted by molar-refractivity contribution is 5.49. The molecule has 104 valence electrons. The van der Waals surface area contributed by atoms with Gasteiger partial charge in [-0.25, -0.2) is 4.98 Å². The highest BCUT2D eigenvalue weighted by atomic mass is 16.5. The van der Waals surface area contributed by atoms with Crippen molar-refractivity contribution in [2.24, 2.45) is 0 Å². The Balaban J connectivity index is 1.83. The maximum atomic E-state index is 5.68. The summed E-state index contributed by atoms with van der Waals surface area (Å²) < 4.78 is 5.68. The third-order valence-corrected chi connectivity index (χ3v) is 3.13. The second-order valence-corrected chi connectivity index (χ2v) is 4.69. The molecule has 0 spiro atoms. The molecule has 1 aliphatic rings. The lowest BCUT2D eigenvalue weighted by Gasteiger charge is -2.15. The van der Waals surface area contributed by atoms with Crippen molar-refractivity contribution in [2.75, 3.05) is 31.6 Å². The minimum atomic E-state index is 0.733. The Hall–Kier alpha value is -1.55. The maximum Gasteiger partial charge on any atom is 0.168 e. The van der Waals surface area contributed by atoms with Crippen LogP contribution in [0.2, 0.25) is 0 Å². The monoisotopic (exact) mass is 261 g/mol. The topological polar surface area (TPSA) is 46.2 Å². The Morgan fingerprint density at radius 3 is 3.21 bits per heavy atom. The first kappa shape index (κ1) is 13.9. The van der Waals surface area contributed by atoms with Gasteiger partial charge in [0.05, 0.1) is 6.61 Å². The average Bonchev–Trinajstić information content (AvgIpc) is 2.47. The van der Waals surface area contributed by atoms with Crippen LogP contribution >= 0.6 is 0 Å². The Labute approximate surface area is 115 Å². The van der Waals surface area contributed by atoms with Gasteiger partial charge >= 0.3 is 0 Å². The normalized spacial score (nSPS) is 14.9. The second kappa shape index (κ2) is 7.79. The van der Waals surface area contributed by atoms with E-state index in [-0.39, 0.29) is 0 Å². The lowest BCUT2D eigenvalue weighted by atomic mass is 10.1. The van der Waals surface area contributed by atoms with Crippen molar-refractivity contribution in [3.8, 4) is 5.75 Å². The Morgan fingerprint density at radius 1 is 1.47 bits per heavy atom. The summed E-state index contributed by atoms with van der Waals surface area (Å²) in [4.78, 5) is 4.35. The zero-order valence-electron chi connectivity index (χ0n) is 11.6. The molecule has 4 nitrogen and oxygen atoms in total. The lowest BCUT2D eigenvalue weighted by molar-refractivity contribution is 0.318. The number of hydrogen-bond acceptors (Lipinski definition) is 4. The van der Waals surface area contributed by atoms with Crippen LogP contribution in [0.25, 0.3) is 0 Å². The number of nitrogens with zero attached hydrogens (tertiary/aromatic N) is 1. The molecular weight excluding hydrogens is 238 g/mol. The summed E-state index contributed by atoms with van der Waals surface area (Å²) in [5, 5.41) is 6.70. The molecule has 1 aromatic rings. The fourth-order valence-corrected chi connectivity index (χ4v) is 2.09. The molecule has 1 aliphatic heterocycles. The largest absolute Gasteiger partial charge is 0.490 e. The summed E-state index contributed by atoms with van der Waals surface area (Å²) >= 11 is 0. The van der Waals surface area contributed by atoms with Crippen LogP contribution in [0.15, 0.2) is 30.0 Å². The van der Waals surface area contributed by atoms with Gasteiger partial charge in [-0.05, 0) is 37.9 Å². The molecule has 0 atom stereocenters. The Bertz CT molecular complexity index is 418. The van der Waals surface area contributed by atoms with Crippen LogP contribution in [0.5, 0.6) is 5.75 Å². The summed E-state index contributed by atoms with van der Waals surface area (Å²) in [6, 6.07) is 3.88. The molecule has 2 rings (SSSR count). The Kier molecular flexibility index (Phi) is 5.69. The quantitative estimate of drug-likeness (QED) is 0.741. The molecule has 2 N–H and O–H groups in total. The SMILES string of the molecule is CCCOc1cccnc1NCCC1=CCNCC1. The van der Waals surface area contributed by atoms with Gasteiger partial charge in [0, 0.05) is 19.3 Å². The van der Waals surface area contributed by atoms with E-state index in [4.69, 9.17) is 4.74 Å². The van der Waals surface area contributed by atoms with Gasteiger partial charge in [0.25, 0.3) is 0 Å². The molecular formula is C15H23N3O. The van der Waals surface area contributed by atoms with E-state index in [0.29, 0.717) is 0 Å². The minimum absolute atomic E-state index is 0.733. The number of hydrogen-bond donors (Lipinski definition) is 2. The molecule has 19 heavy (non-hydrogen) atoms. The summed E-state index contributed by atoms with van der Waals surface area (Å²) in [5.41, 5.74) is 1.53. The maximum absolute atomic E-state index is 5.68. The van der Waals surface area contributed by atoms with E-state index >= 15 is 0 Å². The molecule has 0 amide bonds. The number of pyridine rings is 1. The average molecular weight is 261 g/mol. The number of nitrogens with one attached hydrogen (secondary N) is 2. The van der Waals surface area contributed by atoms with E-state index in [1.807, 2.05) is 12.1 Å². The van der Waals surface area contributed by atoms with Gasteiger partial charge in [-0.15, -0.1) is 0 Å². The molecule has 0 saturated heterocycles. The van der Waals surface area contributed by atoms with Gasteiger partial charge in [-0.3, -0.25) is 0 Å². The van der Waals surface area contributed by atoms with Crippen molar-refractivity contribution in [2.45, 2.75) is 26.2 Å². The Morgan fingerprint density at radius 2 is 2.42 bits per heavy atom. The van der Waals surface area contributed by atoms with Crippen LogP contribution in [0.3, 0.4) is 0 Å². The van der Waals surface area contributed by atoms with Crippen molar-refractivity contribution in [3.05, 3.63) is 30.0 Å². The van der Waals surface area contributed by atoms with E-state index in [1.54, 1.807) is 6.20 Å². The van der Waals surface area contributed by atoms with E-state index in [9.17, 15) is 0 Å². The van der Waals surface area contributed by atoms with Crippen LogP contribution in [-0.2, 0) is 0 Å². The first-order valence-corrected chi connectivity index (χ1v) is 7.10. The number of aromatic nitrogens is 1. The van der Waals surface area contributed by atoms with Crippen molar-refractivity contribution in [1.82, 2.24) is 10.3 Å². The standard InChI is InChI=1S/C15H23N3O/c1-2-12-19-14-4-3-8-17-15(14)18-11-7-13-5-9-16-10-6-13/h3-5,8,16H,2,6-7,9-12H2,1H3,(H,17,18). The molecule has 0 radical (unpaired) electrons. The first-order valence-electron chi connectivity index (χ1n) is 7.10. The number of ether oxygens (including phenoxy) is 1. The summed E-state index contributed by atoms with van der Waals surface area (Å²) in [5.74, 6) is 1.70. The second-order valence-electron chi connectivity index (χ2n) is 4.69. The van der Waals surface area contributed by atoms with E-state index in [0.717, 1.165) is 57.1 Å². The van der Waals surface area contributed by atoms with E-state index in [1.165, 1.54) is 5.57 Å². The van der Waals surface area contributed by atoms with Crippen molar-refractivity contribution in [1.29, 1.82) is 0 Å². The van der Waals surface area contributed by atoms with Crippen molar-refractivity contribution >= 4 is 5.82 Å². The molecule has 4 heteroatoms. The molecule has 0 bridgehead atoms. The fraction of sp³-hybridized carbons (Fsp3) is 0.533. The molecule has 0 aromatic carbocycles. The minimum Gasteiger partial charge on any atom is -0.490 e. The van der Waals surface area contributed by atoms with Gasteiger partial charge in [-0.1, -0.05) is 18.6 Å². The molecule has 2 heterocycles. The molecule has 1 aromatic heterocycles. The van der Waals surface area contributed by atoms with Crippen LogP contribution in [0.1, 0.15) is 26.2 Å². The smallest absolute Gasteiger partial charge is 0.168 e. The number of anilines is 1. The van der Waals surface area contributed by atoms with E-state index < -0.39 is 0 Å². The van der Waals surface area contributed by atoms with Gasteiger partial charge in [0.2, 0.25) is 0 Å². The van der Waals surface area contributed by atoms with Crippen molar-refractivity contribution < 1.29 is 4.74 Å². The number of rotatable bonds is 7. The van der Waals surface area contributed by atoms with Gasteiger partial charge in [-0.2, -0.15) is 0 Å². The van der Waals surface area contributed by atoms with Crippen LogP contribution < -0.4 is 15.4 Å². The highest BCUT2D eigenvalue weighted by Gasteiger charge is 2.05. The van der Waals surface area contributed by atoms with Crippen molar-refractivity contribution in [3.63, 3.8) is 0 Å². The lowest BCUT2D eigenvalue weighted by Crippen LogP contribution is -2.21. The van der Waals surface area contributed by atoms with Crippen LogP contribution in [0, 0.1) is 0 Å². The van der Waals surface area contributed by atoms with Crippen LogP contribution in [0.4, 0.5) is 5.82 Å². The molecule has 0 saturated carbocycles. The highest BCUT2D eigenvalue weighted by Crippen LogP contribution is 2.21. The predicted molar refractivity (Wildman–Crippen MR) is 78.7 cm³/mol. The molecule has 0 unspecified atom stereocenters. The summed E-state index contributed by atoms with van der Waals surface area (Å²) in [6.07, 6.45) is 7.33. The van der Waals surface area contributed by atoms with Gasteiger partial charge in [0.1, 0.15) is 0 Å². The first-order chi connectivity index (χ1) is 9.40. The molecule has 0 aliphatic carbocycles. The summed E-state index contributed by atoms with van der Waals surface area (Å²) in [6.45, 7) is 5.85. The zero-order valence-corrected chi connectivity index (χ0v) is 11.6. The third-order valence-electron chi connectivity index (χ3n) is 3.13. The fourth-order valence-electron chi connectivity index (χ4n) is 2.09. The summed E-state index contributed by atoms with van der Waals surface area (Å²) in [7, 11) is 0.